The Balaban J connectivity index is 1.59. The molecular formula is C23H33N5O2Si. The highest BCUT2D eigenvalue weighted by Crippen LogP contribution is 2.32. The van der Waals surface area contributed by atoms with Crippen LogP contribution in [0.15, 0.2) is 36.5 Å². The lowest BCUT2D eigenvalue weighted by Gasteiger charge is -2.37. The molecule has 1 amide bonds. The molecule has 2 atom stereocenters. The molecule has 0 radical (unpaired) electrons. The van der Waals surface area contributed by atoms with Crippen LogP contribution in [0.25, 0.3) is 0 Å². The minimum Gasteiger partial charge on any atom is -0.399 e. The molecule has 8 heteroatoms. The van der Waals surface area contributed by atoms with Crippen LogP contribution in [0.1, 0.15) is 28.9 Å². The van der Waals surface area contributed by atoms with Gasteiger partial charge in [-0.05, 0) is 43.3 Å². The summed E-state index contributed by atoms with van der Waals surface area (Å²) in [6.07, 6.45) is 1.54. The van der Waals surface area contributed by atoms with E-state index in [1.54, 1.807) is 12.3 Å². The van der Waals surface area contributed by atoms with Crippen LogP contribution >= 0.6 is 0 Å². The summed E-state index contributed by atoms with van der Waals surface area (Å²) in [7, 11) is -1.12. The van der Waals surface area contributed by atoms with Crippen molar-refractivity contribution in [2.75, 3.05) is 42.2 Å². The van der Waals surface area contributed by atoms with Crippen LogP contribution in [0.2, 0.25) is 25.2 Å². The molecule has 2 unspecified atom stereocenters. The van der Waals surface area contributed by atoms with E-state index in [0.717, 1.165) is 30.9 Å². The first-order chi connectivity index (χ1) is 14.8. The molecule has 4 rings (SSSR count). The molecule has 0 spiro atoms. The van der Waals surface area contributed by atoms with Crippen LogP contribution in [0.4, 0.5) is 17.2 Å². The number of hydrogen-bond acceptors (Lipinski definition) is 6. The molecule has 3 heterocycles. The fourth-order valence-corrected chi connectivity index (χ4v) is 6.37. The van der Waals surface area contributed by atoms with Crippen molar-refractivity contribution in [2.24, 2.45) is 0 Å². The SMILES string of the molecule is CC1NCCOC1c1cccnc1NC(=O)c1ccc(N)cc1N1CC[Si](C)(C)CC1. The van der Waals surface area contributed by atoms with Crippen molar-refractivity contribution in [3.8, 4) is 0 Å². The highest BCUT2D eigenvalue weighted by atomic mass is 28.3. The maximum absolute atomic E-state index is 13.4. The topological polar surface area (TPSA) is 92.5 Å². The van der Waals surface area contributed by atoms with Gasteiger partial charge in [-0.3, -0.25) is 4.79 Å². The molecule has 31 heavy (non-hydrogen) atoms. The van der Waals surface area contributed by atoms with E-state index in [-0.39, 0.29) is 18.1 Å². The molecule has 2 aliphatic heterocycles. The number of anilines is 3. The van der Waals surface area contributed by atoms with Gasteiger partial charge in [0.15, 0.2) is 0 Å². The van der Waals surface area contributed by atoms with E-state index in [1.165, 1.54) is 12.1 Å². The van der Waals surface area contributed by atoms with E-state index in [9.17, 15) is 4.79 Å². The smallest absolute Gasteiger partial charge is 0.258 e. The monoisotopic (exact) mass is 439 g/mol. The summed E-state index contributed by atoms with van der Waals surface area (Å²) in [6.45, 7) is 10.3. The van der Waals surface area contributed by atoms with Gasteiger partial charge in [0.1, 0.15) is 11.9 Å². The molecule has 4 N–H and O–H groups in total. The zero-order valence-electron chi connectivity index (χ0n) is 18.6. The number of aromatic nitrogens is 1. The van der Waals surface area contributed by atoms with Gasteiger partial charge in [0.2, 0.25) is 0 Å². The second kappa shape index (κ2) is 8.98. The van der Waals surface area contributed by atoms with Crippen LogP contribution in [0.3, 0.4) is 0 Å². The molecule has 0 aliphatic carbocycles. The number of ether oxygens (including phenoxy) is 1. The number of nitrogen functional groups attached to an aromatic ring is 1. The molecule has 166 valence electrons. The molecule has 2 aromatic rings. The van der Waals surface area contributed by atoms with Gasteiger partial charge in [-0.15, -0.1) is 0 Å². The third-order valence-corrected chi connectivity index (χ3v) is 9.58. The molecule has 2 fully saturated rings. The third kappa shape index (κ3) is 4.92. The molecule has 7 nitrogen and oxygen atoms in total. The number of morpholine rings is 1. The predicted octanol–water partition coefficient (Wildman–Crippen LogP) is 3.49. The van der Waals surface area contributed by atoms with Crippen molar-refractivity contribution in [2.45, 2.75) is 44.3 Å². The zero-order valence-corrected chi connectivity index (χ0v) is 19.6. The highest BCUT2D eigenvalue weighted by molar-refractivity contribution is 6.77. The predicted molar refractivity (Wildman–Crippen MR) is 129 cm³/mol. The first-order valence-electron chi connectivity index (χ1n) is 11.1. The Morgan fingerprint density at radius 2 is 2.06 bits per heavy atom. The van der Waals surface area contributed by atoms with Crippen molar-refractivity contribution in [3.63, 3.8) is 0 Å². The van der Waals surface area contributed by atoms with Gasteiger partial charge in [0.05, 0.1) is 25.9 Å². The number of pyridine rings is 1. The molecular weight excluding hydrogens is 406 g/mol. The summed E-state index contributed by atoms with van der Waals surface area (Å²) < 4.78 is 5.98. The van der Waals surface area contributed by atoms with Crippen LogP contribution in [-0.2, 0) is 4.74 Å². The summed E-state index contributed by atoms with van der Waals surface area (Å²) in [6, 6.07) is 12.0. The lowest BCUT2D eigenvalue weighted by atomic mass is 10.0. The Labute approximate surface area is 185 Å². The van der Waals surface area contributed by atoms with E-state index in [1.807, 2.05) is 24.3 Å². The molecule has 2 aliphatic rings. The number of hydrogen-bond donors (Lipinski definition) is 3. The Kier molecular flexibility index (Phi) is 6.31. The second-order valence-electron chi connectivity index (χ2n) is 9.36. The molecule has 1 aromatic heterocycles. The first kappa shape index (κ1) is 21.8. The van der Waals surface area contributed by atoms with E-state index < -0.39 is 8.07 Å². The van der Waals surface area contributed by atoms with Gasteiger partial charge in [0, 0.05) is 43.1 Å². The quantitative estimate of drug-likeness (QED) is 0.499. The van der Waals surface area contributed by atoms with E-state index >= 15 is 0 Å². The molecule has 2 saturated heterocycles. The van der Waals surface area contributed by atoms with Crippen molar-refractivity contribution in [1.29, 1.82) is 0 Å². The normalized spacial score (nSPS) is 23.4. The summed E-state index contributed by atoms with van der Waals surface area (Å²) in [4.78, 5) is 20.1. The van der Waals surface area contributed by atoms with Gasteiger partial charge < -0.3 is 26.0 Å². The Morgan fingerprint density at radius 3 is 2.81 bits per heavy atom. The van der Waals surface area contributed by atoms with Crippen LogP contribution in [0, 0.1) is 0 Å². The fourth-order valence-electron chi connectivity index (χ4n) is 4.36. The summed E-state index contributed by atoms with van der Waals surface area (Å²) >= 11 is 0. The first-order valence-corrected chi connectivity index (χ1v) is 14.5. The van der Waals surface area contributed by atoms with E-state index in [2.05, 4.69) is 40.5 Å². The van der Waals surface area contributed by atoms with Crippen molar-refractivity contribution in [1.82, 2.24) is 10.3 Å². The lowest BCUT2D eigenvalue weighted by Crippen LogP contribution is -2.43. The minimum absolute atomic E-state index is 0.140. The molecule has 0 bridgehead atoms. The lowest BCUT2D eigenvalue weighted by molar-refractivity contribution is 0.0000370. The third-order valence-electron chi connectivity index (χ3n) is 6.42. The number of nitrogens with one attached hydrogen (secondary N) is 2. The Hall–Kier alpha value is -2.42. The number of rotatable bonds is 4. The number of nitrogens with two attached hydrogens (primary N) is 1. The number of nitrogens with zero attached hydrogens (tertiary/aromatic N) is 2. The summed E-state index contributed by atoms with van der Waals surface area (Å²) in [5, 5.41) is 6.47. The molecule has 1 aromatic carbocycles. The van der Waals surface area contributed by atoms with Gasteiger partial charge in [-0.25, -0.2) is 4.98 Å². The van der Waals surface area contributed by atoms with Gasteiger partial charge >= 0.3 is 0 Å². The number of carbonyl (C=O) groups is 1. The maximum Gasteiger partial charge on any atom is 0.258 e. The second-order valence-corrected chi connectivity index (χ2v) is 14.7. The van der Waals surface area contributed by atoms with Gasteiger partial charge in [-0.2, -0.15) is 0 Å². The van der Waals surface area contributed by atoms with E-state index in [0.29, 0.717) is 23.7 Å². The summed E-state index contributed by atoms with van der Waals surface area (Å²) in [5.74, 6) is 0.372. The zero-order chi connectivity index (χ0) is 22.0. The van der Waals surface area contributed by atoms with Gasteiger partial charge in [-0.1, -0.05) is 19.2 Å². The maximum atomic E-state index is 13.4. The van der Waals surface area contributed by atoms with Crippen molar-refractivity contribution in [3.05, 3.63) is 47.7 Å². The fraction of sp³-hybridized carbons (Fsp3) is 0.478. The number of amides is 1. The van der Waals surface area contributed by atoms with Gasteiger partial charge in [0.25, 0.3) is 5.91 Å². The number of benzene rings is 1. The Morgan fingerprint density at radius 1 is 1.29 bits per heavy atom. The van der Waals surface area contributed by atoms with Crippen LogP contribution in [0.5, 0.6) is 0 Å². The largest absolute Gasteiger partial charge is 0.399 e. The van der Waals surface area contributed by atoms with E-state index in [4.69, 9.17) is 10.5 Å². The minimum atomic E-state index is -1.12. The highest BCUT2D eigenvalue weighted by Gasteiger charge is 2.30. The summed E-state index contributed by atoms with van der Waals surface area (Å²) in [5.41, 5.74) is 9.18. The average Bonchev–Trinajstić information content (AvgIpc) is 2.74. The average molecular weight is 440 g/mol. The molecule has 0 saturated carbocycles. The van der Waals surface area contributed by atoms with Crippen molar-refractivity contribution < 1.29 is 9.53 Å². The van der Waals surface area contributed by atoms with Crippen LogP contribution in [-0.4, -0.2) is 51.2 Å². The number of carbonyl (C=O) groups excluding carboxylic acids is 1. The Bertz CT molecular complexity index is 941. The van der Waals surface area contributed by atoms with Crippen LogP contribution < -0.4 is 21.3 Å². The standard InChI is InChI=1S/C23H33N5O2Si/c1-16-21(30-12-9-25-16)19-5-4-8-26-22(19)27-23(29)18-7-6-17(24)15-20(18)28-10-13-31(2,3)14-11-28/h4-8,15-16,21,25H,9-14,24H2,1-3H3,(H,26,27,29). The van der Waals surface area contributed by atoms with Crippen molar-refractivity contribution >= 4 is 31.2 Å².